The van der Waals surface area contributed by atoms with Crippen molar-refractivity contribution in [3.8, 4) is 0 Å². The Morgan fingerprint density at radius 3 is 2.47 bits per heavy atom. The number of rotatable bonds is 3. The average Bonchev–Trinajstić information content (AvgIpc) is 2.87. The molecule has 0 unspecified atom stereocenters. The number of aromatic nitrogens is 1. The van der Waals surface area contributed by atoms with Gasteiger partial charge in [0.1, 0.15) is 0 Å². The van der Waals surface area contributed by atoms with Gasteiger partial charge in [0.25, 0.3) is 0 Å². The lowest BCUT2D eigenvalue weighted by atomic mass is 9.83. The van der Waals surface area contributed by atoms with E-state index in [2.05, 4.69) is 9.72 Å². The van der Waals surface area contributed by atoms with Crippen molar-refractivity contribution in [2.24, 2.45) is 5.92 Å². The number of ketones is 1. The lowest BCUT2D eigenvalue weighted by Gasteiger charge is -2.20. The zero-order chi connectivity index (χ0) is 12.3. The normalized spacial score (nSPS) is 16.8. The van der Waals surface area contributed by atoms with Crippen LogP contribution in [0.25, 0.3) is 0 Å². The molecular weight excluding hydrogens is 218 g/mol. The number of nitrogens with one attached hydrogen (secondary N) is 1. The standard InChI is InChI=1S/C13H17NO3/c1-17-13(16)11-8-14-7-10(11)12(15)9-5-3-2-4-6-9/h7-9,14H,2-6H2,1H3. The molecule has 0 bridgehead atoms. The zero-order valence-corrected chi connectivity index (χ0v) is 9.99. The Morgan fingerprint density at radius 1 is 1.18 bits per heavy atom. The summed E-state index contributed by atoms with van der Waals surface area (Å²) in [6.45, 7) is 0. The summed E-state index contributed by atoms with van der Waals surface area (Å²) in [5, 5.41) is 0. The molecule has 1 fully saturated rings. The van der Waals surface area contributed by atoms with Crippen LogP contribution >= 0.6 is 0 Å². The van der Waals surface area contributed by atoms with Crippen LogP contribution in [-0.4, -0.2) is 23.8 Å². The molecular formula is C13H17NO3. The third kappa shape index (κ3) is 2.40. The molecule has 92 valence electrons. The molecule has 0 radical (unpaired) electrons. The monoisotopic (exact) mass is 235 g/mol. The molecule has 1 heterocycles. The van der Waals surface area contributed by atoms with Gasteiger partial charge in [0.15, 0.2) is 5.78 Å². The van der Waals surface area contributed by atoms with Gasteiger partial charge in [-0.3, -0.25) is 4.79 Å². The maximum absolute atomic E-state index is 12.3. The van der Waals surface area contributed by atoms with Gasteiger partial charge >= 0.3 is 5.97 Å². The fourth-order valence-electron chi connectivity index (χ4n) is 2.43. The molecule has 4 nitrogen and oxygen atoms in total. The van der Waals surface area contributed by atoms with Crippen molar-refractivity contribution < 1.29 is 14.3 Å². The molecule has 1 aromatic rings. The third-order valence-corrected chi connectivity index (χ3v) is 3.39. The number of hydrogen-bond donors (Lipinski definition) is 1. The van der Waals surface area contributed by atoms with E-state index >= 15 is 0 Å². The maximum Gasteiger partial charge on any atom is 0.340 e. The number of aromatic amines is 1. The summed E-state index contributed by atoms with van der Waals surface area (Å²) in [6.07, 6.45) is 8.42. The van der Waals surface area contributed by atoms with E-state index in [9.17, 15) is 9.59 Å². The average molecular weight is 235 g/mol. The first-order valence-electron chi connectivity index (χ1n) is 6.03. The van der Waals surface area contributed by atoms with Gasteiger partial charge in [-0.1, -0.05) is 19.3 Å². The summed E-state index contributed by atoms with van der Waals surface area (Å²) in [4.78, 5) is 26.6. The lowest BCUT2D eigenvalue weighted by Crippen LogP contribution is -2.19. The number of methoxy groups -OCH3 is 1. The Labute approximate surface area is 100 Å². The molecule has 1 aliphatic rings. The summed E-state index contributed by atoms with van der Waals surface area (Å²) in [7, 11) is 1.32. The molecule has 1 saturated carbocycles. The number of H-pyrrole nitrogens is 1. The Morgan fingerprint density at radius 2 is 1.82 bits per heavy atom. The molecule has 0 amide bonds. The Hall–Kier alpha value is -1.58. The Balaban J connectivity index is 2.18. The van der Waals surface area contributed by atoms with E-state index < -0.39 is 5.97 Å². The summed E-state index contributed by atoms with van der Waals surface area (Å²) < 4.78 is 4.66. The van der Waals surface area contributed by atoms with Gasteiger partial charge in [-0.25, -0.2) is 4.79 Å². The highest BCUT2D eigenvalue weighted by atomic mass is 16.5. The zero-order valence-electron chi connectivity index (χ0n) is 9.99. The predicted octanol–water partition coefficient (Wildman–Crippen LogP) is 2.56. The fourth-order valence-corrected chi connectivity index (χ4v) is 2.43. The Bertz CT molecular complexity index is 416. The van der Waals surface area contributed by atoms with Gasteiger partial charge in [0, 0.05) is 23.9 Å². The van der Waals surface area contributed by atoms with Crippen molar-refractivity contribution >= 4 is 11.8 Å². The molecule has 0 aliphatic heterocycles. The highest BCUT2D eigenvalue weighted by Crippen LogP contribution is 2.28. The van der Waals surface area contributed by atoms with E-state index in [1.807, 2.05) is 0 Å². The van der Waals surface area contributed by atoms with Crippen molar-refractivity contribution in [1.29, 1.82) is 0 Å². The first-order chi connectivity index (χ1) is 8.24. The minimum atomic E-state index is -0.453. The largest absolute Gasteiger partial charge is 0.465 e. The van der Waals surface area contributed by atoms with Crippen molar-refractivity contribution in [2.45, 2.75) is 32.1 Å². The molecule has 2 rings (SSSR count). The SMILES string of the molecule is COC(=O)c1c[nH]cc1C(=O)C1CCCCC1. The van der Waals surface area contributed by atoms with Gasteiger partial charge in [0.05, 0.1) is 12.7 Å². The predicted molar refractivity (Wildman–Crippen MR) is 63.0 cm³/mol. The van der Waals surface area contributed by atoms with Gasteiger partial charge in [-0.2, -0.15) is 0 Å². The fraction of sp³-hybridized carbons (Fsp3) is 0.538. The van der Waals surface area contributed by atoms with E-state index in [1.54, 1.807) is 6.20 Å². The van der Waals surface area contributed by atoms with Crippen LogP contribution in [0.15, 0.2) is 12.4 Å². The quantitative estimate of drug-likeness (QED) is 0.647. The van der Waals surface area contributed by atoms with Gasteiger partial charge in [0.2, 0.25) is 0 Å². The van der Waals surface area contributed by atoms with Crippen LogP contribution in [0.5, 0.6) is 0 Å². The highest BCUT2D eigenvalue weighted by molar-refractivity contribution is 6.07. The van der Waals surface area contributed by atoms with Crippen LogP contribution in [0.4, 0.5) is 0 Å². The smallest absolute Gasteiger partial charge is 0.340 e. The van der Waals surface area contributed by atoms with E-state index in [4.69, 9.17) is 0 Å². The van der Waals surface area contributed by atoms with Crippen LogP contribution in [0.1, 0.15) is 52.8 Å². The maximum atomic E-state index is 12.3. The van der Waals surface area contributed by atoms with Gasteiger partial charge in [-0.15, -0.1) is 0 Å². The summed E-state index contributed by atoms with van der Waals surface area (Å²) in [5.41, 5.74) is 0.826. The van der Waals surface area contributed by atoms with E-state index in [0.717, 1.165) is 25.7 Å². The van der Waals surface area contributed by atoms with Crippen LogP contribution in [0.3, 0.4) is 0 Å². The summed E-state index contributed by atoms with van der Waals surface area (Å²) >= 11 is 0. The molecule has 1 N–H and O–H groups in total. The van der Waals surface area contributed by atoms with E-state index in [1.165, 1.54) is 19.7 Å². The number of Topliss-reactive ketones (excluding diaryl/α,β-unsaturated/α-hetero) is 1. The van der Waals surface area contributed by atoms with Gasteiger partial charge in [-0.05, 0) is 12.8 Å². The second-order valence-electron chi connectivity index (χ2n) is 4.47. The molecule has 0 atom stereocenters. The van der Waals surface area contributed by atoms with Crippen LogP contribution in [-0.2, 0) is 4.74 Å². The molecule has 0 saturated heterocycles. The topological polar surface area (TPSA) is 59.2 Å². The number of esters is 1. The van der Waals surface area contributed by atoms with Crippen molar-refractivity contribution in [3.63, 3.8) is 0 Å². The molecule has 17 heavy (non-hydrogen) atoms. The Kier molecular flexibility index (Phi) is 3.61. The van der Waals surface area contributed by atoms with Gasteiger partial charge < -0.3 is 9.72 Å². The first-order valence-corrected chi connectivity index (χ1v) is 6.03. The van der Waals surface area contributed by atoms with Crippen molar-refractivity contribution in [1.82, 2.24) is 4.98 Å². The second-order valence-corrected chi connectivity index (χ2v) is 4.47. The molecule has 1 aliphatic carbocycles. The molecule has 0 aromatic carbocycles. The van der Waals surface area contributed by atoms with Crippen LogP contribution in [0.2, 0.25) is 0 Å². The number of hydrogen-bond acceptors (Lipinski definition) is 3. The van der Waals surface area contributed by atoms with E-state index in [0.29, 0.717) is 11.1 Å². The molecule has 1 aromatic heterocycles. The number of carbonyl (C=O) groups is 2. The van der Waals surface area contributed by atoms with Crippen LogP contribution < -0.4 is 0 Å². The number of carbonyl (C=O) groups excluding carboxylic acids is 2. The lowest BCUT2D eigenvalue weighted by molar-refractivity contribution is 0.0596. The summed E-state index contributed by atoms with van der Waals surface area (Å²) in [6, 6.07) is 0. The third-order valence-electron chi connectivity index (χ3n) is 3.39. The summed E-state index contributed by atoms with van der Waals surface area (Å²) in [5.74, 6) is -0.306. The minimum Gasteiger partial charge on any atom is -0.465 e. The second kappa shape index (κ2) is 5.17. The van der Waals surface area contributed by atoms with Crippen LogP contribution in [0, 0.1) is 5.92 Å². The van der Waals surface area contributed by atoms with E-state index in [-0.39, 0.29) is 11.7 Å². The van der Waals surface area contributed by atoms with Crippen molar-refractivity contribution in [3.05, 3.63) is 23.5 Å². The number of ether oxygens (including phenoxy) is 1. The molecule has 0 spiro atoms. The highest BCUT2D eigenvalue weighted by Gasteiger charge is 2.26. The minimum absolute atomic E-state index is 0.0722. The first kappa shape index (κ1) is 11.9. The molecule has 4 heteroatoms. The van der Waals surface area contributed by atoms with Crippen molar-refractivity contribution in [2.75, 3.05) is 7.11 Å².